The maximum atomic E-state index is 13.2. The molecule has 1 heterocycles. The number of carbonyl (C=O) groups excluding carboxylic acids is 1. The average molecular weight is 563 g/mol. The van der Waals surface area contributed by atoms with Crippen LogP contribution in [0.4, 0.5) is 18.0 Å². The van der Waals surface area contributed by atoms with Gasteiger partial charge in [-0.15, -0.1) is 0 Å². The van der Waals surface area contributed by atoms with Crippen molar-refractivity contribution in [2.24, 2.45) is 0 Å². The molecule has 3 aromatic rings. The van der Waals surface area contributed by atoms with Gasteiger partial charge in [-0.3, -0.25) is 0 Å². The standard InChI is InChI=1S/C32H33BF3NO4/c1-20-16-22(32(34,35)36)15-14-21(20)17-23(33-40-30(2,3)31(4,5)41-33)18-37-29(38)39-19-28-26-12-8-6-10-24(26)25-11-7-9-13-27(25)28/h6-17,28H,18-19H2,1-5H3,(H,37,38). The van der Waals surface area contributed by atoms with E-state index in [0.29, 0.717) is 16.6 Å². The van der Waals surface area contributed by atoms with Crippen LogP contribution in [0, 0.1) is 6.92 Å². The van der Waals surface area contributed by atoms with Gasteiger partial charge in [0, 0.05) is 12.5 Å². The van der Waals surface area contributed by atoms with E-state index in [9.17, 15) is 18.0 Å². The van der Waals surface area contributed by atoms with E-state index in [1.54, 1.807) is 13.0 Å². The van der Waals surface area contributed by atoms with Crippen LogP contribution in [0.3, 0.4) is 0 Å². The zero-order valence-corrected chi connectivity index (χ0v) is 23.8. The van der Waals surface area contributed by atoms with Crippen molar-refractivity contribution in [3.05, 3.63) is 100 Å². The van der Waals surface area contributed by atoms with Gasteiger partial charge in [0.05, 0.1) is 16.8 Å². The highest BCUT2D eigenvalue weighted by Crippen LogP contribution is 2.44. The molecule has 1 aliphatic carbocycles. The second-order valence-electron chi connectivity index (χ2n) is 11.6. The van der Waals surface area contributed by atoms with Gasteiger partial charge < -0.3 is 19.4 Å². The van der Waals surface area contributed by atoms with E-state index in [1.165, 1.54) is 6.07 Å². The molecular weight excluding hydrogens is 530 g/mol. The molecule has 0 bridgehead atoms. The van der Waals surface area contributed by atoms with E-state index in [1.807, 2.05) is 64.1 Å². The molecule has 1 amide bonds. The van der Waals surface area contributed by atoms with Crippen LogP contribution in [0.1, 0.15) is 61.4 Å². The number of amides is 1. The molecule has 0 aromatic heterocycles. The minimum atomic E-state index is -4.44. The number of nitrogens with one attached hydrogen (secondary N) is 1. The molecule has 5 rings (SSSR count). The third kappa shape index (κ3) is 5.79. The smallest absolute Gasteiger partial charge is 0.449 e. The predicted molar refractivity (Wildman–Crippen MR) is 153 cm³/mol. The van der Waals surface area contributed by atoms with Crippen LogP contribution in [0.2, 0.25) is 0 Å². The fraction of sp³-hybridized carbons (Fsp3) is 0.344. The number of benzene rings is 3. The summed E-state index contributed by atoms with van der Waals surface area (Å²) in [5.41, 5.74) is 4.04. The number of ether oxygens (including phenoxy) is 1. The largest absolute Gasteiger partial charge is 0.492 e. The minimum Gasteiger partial charge on any atom is -0.449 e. The molecule has 0 unspecified atom stereocenters. The monoisotopic (exact) mass is 563 g/mol. The van der Waals surface area contributed by atoms with Gasteiger partial charge in [0.1, 0.15) is 6.61 Å². The van der Waals surface area contributed by atoms with Gasteiger partial charge in [-0.2, -0.15) is 13.2 Å². The van der Waals surface area contributed by atoms with Gasteiger partial charge in [0.25, 0.3) is 0 Å². The normalized spacial score (nSPS) is 17.8. The van der Waals surface area contributed by atoms with E-state index in [2.05, 4.69) is 17.4 Å². The first-order valence-electron chi connectivity index (χ1n) is 13.6. The molecule has 2 aliphatic rings. The molecule has 0 spiro atoms. The number of rotatable bonds is 6. The van der Waals surface area contributed by atoms with Crippen LogP contribution in [0.5, 0.6) is 0 Å². The Labute approximate surface area is 238 Å². The fourth-order valence-corrected chi connectivity index (χ4v) is 5.23. The van der Waals surface area contributed by atoms with Gasteiger partial charge in [0.2, 0.25) is 0 Å². The summed E-state index contributed by atoms with van der Waals surface area (Å²) < 4.78 is 57.7. The highest BCUT2D eigenvalue weighted by molar-refractivity contribution is 6.56. The Morgan fingerprint density at radius 2 is 1.51 bits per heavy atom. The lowest BCUT2D eigenvalue weighted by Gasteiger charge is -2.32. The predicted octanol–water partition coefficient (Wildman–Crippen LogP) is 7.57. The molecule has 0 atom stereocenters. The molecule has 214 valence electrons. The van der Waals surface area contributed by atoms with Crippen molar-refractivity contribution in [1.29, 1.82) is 0 Å². The Morgan fingerprint density at radius 1 is 0.951 bits per heavy atom. The molecule has 0 radical (unpaired) electrons. The van der Waals surface area contributed by atoms with Crippen molar-refractivity contribution in [3.63, 3.8) is 0 Å². The summed E-state index contributed by atoms with van der Waals surface area (Å²) in [5.74, 6) is -0.0824. The van der Waals surface area contributed by atoms with Gasteiger partial charge in [-0.05, 0) is 85.6 Å². The van der Waals surface area contributed by atoms with Gasteiger partial charge in [-0.1, -0.05) is 60.7 Å². The van der Waals surface area contributed by atoms with Crippen LogP contribution in [0.15, 0.2) is 72.2 Å². The number of hydrogen-bond donors (Lipinski definition) is 1. The van der Waals surface area contributed by atoms with E-state index >= 15 is 0 Å². The summed E-state index contributed by atoms with van der Waals surface area (Å²) in [4.78, 5) is 12.9. The minimum absolute atomic E-state index is 0.0218. The first-order valence-corrected chi connectivity index (χ1v) is 13.6. The summed E-state index contributed by atoms with van der Waals surface area (Å²) in [6, 6.07) is 19.7. The molecule has 1 N–H and O–H groups in total. The van der Waals surface area contributed by atoms with Crippen molar-refractivity contribution >= 4 is 19.3 Å². The summed E-state index contributed by atoms with van der Waals surface area (Å²) in [6.45, 7) is 9.43. The van der Waals surface area contributed by atoms with Crippen molar-refractivity contribution in [3.8, 4) is 11.1 Å². The Morgan fingerprint density at radius 3 is 2.05 bits per heavy atom. The number of hydrogen-bond acceptors (Lipinski definition) is 4. The molecule has 0 saturated carbocycles. The molecule has 9 heteroatoms. The van der Waals surface area contributed by atoms with Crippen LogP contribution < -0.4 is 5.32 Å². The molecule has 1 fully saturated rings. The topological polar surface area (TPSA) is 56.8 Å². The third-order valence-electron chi connectivity index (χ3n) is 8.27. The summed E-state index contributed by atoms with van der Waals surface area (Å²) >= 11 is 0. The lowest BCUT2D eigenvalue weighted by Crippen LogP contribution is -2.41. The Kier molecular flexibility index (Phi) is 7.55. The highest BCUT2D eigenvalue weighted by Gasteiger charge is 2.52. The Balaban J connectivity index is 1.33. The first-order chi connectivity index (χ1) is 19.3. The third-order valence-corrected chi connectivity index (χ3v) is 8.27. The first kappa shape index (κ1) is 29.0. The summed E-state index contributed by atoms with van der Waals surface area (Å²) in [7, 11) is -0.810. The van der Waals surface area contributed by atoms with Crippen molar-refractivity contribution in [2.75, 3.05) is 13.2 Å². The van der Waals surface area contributed by atoms with Gasteiger partial charge >= 0.3 is 19.4 Å². The second-order valence-corrected chi connectivity index (χ2v) is 11.6. The average Bonchev–Trinajstić information content (AvgIpc) is 3.34. The molecule has 1 saturated heterocycles. The van der Waals surface area contributed by atoms with Crippen LogP contribution >= 0.6 is 0 Å². The lowest BCUT2D eigenvalue weighted by atomic mass is 9.76. The van der Waals surface area contributed by atoms with Crippen LogP contribution in [-0.4, -0.2) is 37.6 Å². The van der Waals surface area contributed by atoms with Crippen molar-refractivity contribution in [2.45, 2.75) is 57.9 Å². The number of halogens is 3. The van der Waals surface area contributed by atoms with Crippen molar-refractivity contribution < 1.29 is 32.0 Å². The van der Waals surface area contributed by atoms with E-state index in [-0.39, 0.29) is 19.1 Å². The molecule has 3 aromatic carbocycles. The second kappa shape index (κ2) is 10.7. The summed E-state index contributed by atoms with van der Waals surface area (Å²) in [5, 5.41) is 2.79. The lowest BCUT2D eigenvalue weighted by molar-refractivity contribution is -0.137. The Bertz CT molecular complexity index is 1440. The van der Waals surface area contributed by atoms with Crippen LogP contribution in [-0.2, 0) is 20.2 Å². The van der Waals surface area contributed by atoms with E-state index in [0.717, 1.165) is 34.4 Å². The number of alkyl carbamates (subject to hydrolysis) is 1. The number of alkyl halides is 3. The molecule has 41 heavy (non-hydrogen) atoms. The van der Waals surface area contributed by atoms with E-state index in [4.69, 9.17) is 14.0 Å². The number of carbonyl (C=O) groups is 1. The number of fused-ring (bicyclic) bond motifs is 3. The SMILES string of the molecule is Cc1cc(C(F)(F)F)ccc1C=C(CNC(=O)OCC1c2ccccc2-c2ccccc21)B1OC(C)(C)C(C)(C)O1. The highest BCUT2D eigenvalue weighted by atomic mass is 19.4. The summed E-state index contributed by atoms with van der Waals surface area (Å²) in [6.07, 6.45) is -3.34. The fourth-order valence-electron chi connectivity index (χ4n) is 5.23. The molecular formula is C32H33BF3NO4. The maximum absolute atomic E-state index is 13.2. The van der Waals surface area contributed by atoms with Gasteiger partial charge in [-0.25, -0.2) is 4.79 Å². The van der Waals surface area contributed by atoms with E-state index < -0.39 is 36.2 Å². The zero-order chi connectivity index (χ0) is 29.6. The molecule has 5 nitrogen and oxygen atoms in total. The van der Waals surface area contributed by atoms with Gasteiger partial charge in [0.15, 0.2) is 0 Å². The Hall–Kier alpha value is -3.56. The quantitative estimate of drug-likeness (QED) is 0.315. The zero-order valence-electron chi connectivity index (χ0n) is 23.8. The molecule has 1 aliphatic heterocycles. The van der Waals surface area contributed by atoms with Crippen molar-refractivity contribution in [1.82, 2.24) is 5.32 Å². The number of aryl methyl sites for hydroxylation is 1. The van der Waals surface area contributed by atoms with Crippen LogP contribution in [0.25, 0.3) is 17.2 Å². The maximum Gasteiger partial charge on any atom is 0.492 e.